The highest BCUT2D eigenvalue weighted by atomic mass is 35.6. The molecule has 9 heteroatoms. The van der Waals surface area contributed by atoms with Gasteiger partial charge in [0.2, 0.25) is 0 Å². The first-order valence-corrected chi connectivity index (χ1v) is 4.69. The summed E-state index contributed by atoms with van der Waals surface area (Å²) < 4.78 is 20.0. The summed E-state index contributed by atoms with van der Waals surface area (Å²) in [6.07, 6.45) is 0. The minimum Gasteiger partial charge on any atom is -0.289 e. The maximum absolute atomic E-state index is 10.8. The van der Waals surface area contributed by atoms with E-state index < -0.39 is 11.8 Å². The van der Waals surface area contributed by atoms with Gasteiger partial charge in [-0.3, -0.25) is 4.52 Å². The van der Waals surface area contributed by atoms with E-state index in [1.165, 1.54) is 0 Å². The van der Waals surface area contributed by atoms with Gasteiger partial charge in [-0.15, -0.1) is 4.67 Å². The van der Waals surface area contributed by atoms with Crippen molar-refractivity contribution in [3.8, 4) is 0 Å². The average molecular weight is 245 g/mol. The Bertz CT molecular complexity index is 158. The van der Waals surface area contributed by atoms with Crippen molar-refractivity contribution in [1.82, 2.24) is 0 Å². The molecule has 0 aliphatic rings. The molecule has 0 saturated carbocycles. The lowest BCUT2D eigenvalue weighted by molar-refractivity contribution is -0.165. The smallest absolute Gasteiger partial charge is 0.289 e. The summed E-state index contributed by atoms with van der Waals surface area (Å²) in [4.78, 5) is 0. The Kier molecular flexibility index (Phi) is 4.62. The highest BCUT2D eigenvalue weighted by Gasteiger charge is 2.37. The monoisotopic (exact) mass is 244 g/mol. The molecule has 0 fully saturated rings. The normalized spacial score (nSPS) is 17.9. The SMILES string of the molecule is COP(=O)(OO)OC(Cl)(Cl)Cl. The molecule has 0 aromatic rings. The second-order valence-corrected chi connectivity index (χ2v) is 5.03. The third kappa shape index (κ3) is 5.22. The number of hydrogen-bond acceptors (Lipinski definition) is 5. The van der Waals surface area contributed by atoms with Crippen LogP contribution in [0, 0.1) is 0 Å². The van der Waals surface area contributed by atoms with Gasteiger partial charge in [-0.25, -0.2) is 14.3 Å². The fourth-order valence-electron chi connectivity index (χ4n) is 0.214. The van der Waals surface area contributed by atoms with Crippen LogP contribution >= 0.6 is 42.6 Å². The van der Waals surface area contributed by atoms with Crippen LogP contribution in [0.5, 0.6) is 0 Å². The minimum absolute atomic E-state index is 0.952. The number of phosphoric acid groups is 1. The number of alkyl halides is 3. The van der Waals surface area contributed by atoms with Gasteiger partial charge in [0, 0.05) is 7.11 Å². The molecular weight excluding hydrogens is 241 g/mol. The van der Waals surface area contributed by atoms with Crippen LogP contribution in [0.4, 0.5) is 0 Å². The predicted molar refractivity (Wildman–Crippen MR) is 39.7 cm³/mol. The lowest BCUT2D eigenvalue weighted by atomic mass is 11.7. The van der Waals surface area contributed by atoms with E-state index in [1.54, 1.807) is 0 Å². The molecule has 0 saturated heterocycles. The first-order chi connectivity index (χ1) is 4.83. The standard InChI is InChI=1S/C2H4Cl3O5P/c1-8-11(7,10-6)9-2(3,4)5/h6H,1H3. The molecular formula is C2H4Cl3O5P. The maximum atomic E-state index is 10.8. The molecule has 0 aliphatic carbocycles. The topological polar surface area (TPSA) is 65.0 Å². The summed E-state index contributed by atoms with van der Waals surface area (Å²) in [6.45, 7) is 0. The largest absolute Gasteiger partial charge is 0.505 e. The molecule has 0 amide bonds. The molecule has 0 aliphatic heterocycles. The van der Waals surface area contributed by atoms with Crippen LogP contribution < -0.4 is 0 Å². The first-order valence-electron chi connectivity index (χ1n) is 2.09. The minimum atomic E-state index is -4.14. The predicted octanol–water partition coefficient (Wildman–Crippen LogP) is 2.57. The summed E-state index contributed by atoms with van der Waals surface area (Å²) in [5, 5.41) is 7.96. The second-order valence-electron chi connectivity index (χ2n) is 1.25. The van der Waals surface area contributed by atoms with Crippen molar-refractivity contribution in [2.75, 3.05) is 7.11 Å². The van der Waals surface area contributed by atoms with Crippen LogP contribution in [0.1, 0.15) is 0 Å². The molecule has 0 heterocycles. The zero-order valence-corrected chi connectivity index (χ0v) is 8.32. The van der Waals surface area contributed by atoms with Crippen LogP contribution in [0.15, 0.2) is 0 Å². The fraction of sp³-hybridized carbons (Fsp3) is 1.00. The van der Waals surface area contributed by atoms with E-state index in [9.17, 15) is 4.57 Å². The van der Waals surface area contributed by atoms with Gasteiger partial charge in [-0.2, -0.15) is 0 Å². The number of rotatable bonds is 3. The van der Waals surface area contributed by atoms with Crippen molar-refractivity contribution in [3.05, 3.63) is 0 Å². The quantitative estimate of drug-likeness (QED) is 0.358. The van der Waals surface area contributed by atoms with Gasteiger partial charge in [-0.1, -0.05) is 34.8 Å². The highest BCUT2D eigenvalue weighted by molar-refractivity contribution is 7.48. The Labute approximate surface area is 77.6 Å². The van der Waals surface area contributed by atoms with Crippen LogP contribution in [-0.2, 0) is 18.3 Å². The van der Waals surface area contributed by atoms with E-state index in [-0.39, 0.29) is 0 Å². The molecule has 0 bridgehead atoms. The van der Waals surface area contributed by atoms with Gasteiger partial charge in [-0.05, 0) is 0 Å². The maximum Gasteiger partial charge on any atom is 0.505 e. The summed E-state index contributed by atoms with van der Waals surface area (Å²) >= 11 is 15.1. The zero-order chi connectivity index (χ0) is 9.12. The Morgan fingerprint density at radius 1 is 1.45 bits per heavy atom. The van der Waals surface area contributed by atoms with E-state index >= 15 is 0 Å². The van der Waals surface area contributed by atoms with E-state index in [0.717, 1.165) is 7.11 Å². The summed E-state index contributed by atoms with van der Waals surface area (Å²) in [7, 11) is -3.19. The van der Waals surface area contributed by atoms with Crippen molar-refractivity contribution >= 4 is 42.6 Å². The molecule has 0 radical (unpaired) electrons. The lowest BCUT2D eigenvalue weighted by Gasteiger charge is -2.16. The summed E-state index contributed by atoms with van der Waals surface area (Å²) in [5.41, 5.74) is 0. The summed E-state index contributed by atoms with van der Waals surface area (Å²) in [5.74, 6) is 0. The van der Waals surface area contributed by atoms with Gasteiger partial charge in [0.1, 0.15) is 0 Å². The lowest BCUT2D eigenvalue weighted by Crippen LogP contribution is -2.08. The van der Waals surface area contributed by atoms with Crippen LogP contribution in [0.25, 0.3) is 0 Å². The van der Waals surface area contributed by atoms with E-state index in [4.69, 9.17) is 40.1 Å². The van der Waals surface area contributed by atoms with Crippen LogP contribution in [0.3, 0.4) is 0 Å². The number of halogens is 3. The molecule has 0 aromatic carbocycles. The van der Waals surface area contributed by atoms with E-state index in [2.05, 4.69) is 13.7 Å². The summed E-state index contributed by atoms with van der Waals surface area (Å²) in [6, 6.07) is 0. The molecule has 1 unspecified atom stereocenters. The molecule has 1 atom stereocenters. The van der Waals surface area contributed by atoms with Crippen molar-refractivity contribution in [2.24, 2.45) is 0 Å². The van der Waals surface area contributed by atoms with Crippen molar-refractivity contribution in [1.29, 1.82) is 0 Å². The van der Waals surface area contributed by atoms with E-state index in [0.29, 0.717) is 0 Å². The Balaban J connectivity index is 4.21. The van der Waals surface area contributed by atoms with Crippen molar-refractivity contribution < 1.29 is 23.5 Å². The molecule has 5 nitrogen and oxygen atoms in total. The Morgan fingerprint density at radius 3 is 2.00 bits per heavy atom. The first kappa shape index (κ1) is 11.9. The molecule has 0 aromatic heterocycles. The zero-order valence-electron chi connectivity index (χ0n) is 5.16. The highest BCUT2D eigenvalue weighted by Crippen LogP contribution is 2.54. The van der Waals surface area contributed by atoms with Gasteiger partial charge in [0.05, 0.1) is 0 Å². The fourth-order valence-corrected chi connectivity index (χ4v) is 1.40. The second kappa shape index (κ2) is 4.25. The molecule has 1 N–H and O–H groups in total. The van der Waals surface area contributed by atoms with Crippen molar-refractivity contribution in [3.63, 3.8) is 0 Å². The van der Waals surface area contributed by atoms with E-state index in [1.807, 2.05) is 0 Å². The Morgan fingerprint density at radius 2 is 1.91 bits per heavy atom. The molecule has 11 heavy (non-hydrogen) atoms. The molecule has 0 spiro atoms. The molecule has 68 valence electrons. The molecule has 0 rings (SSSR count). The number of hydrogen-bond donors (Lipinski definition) is 1. The third-order valence-electron chi connectivity index (χ3n) is 0.539. The average Bonchev–Trinajstić information content (AvgIpc) is 1.84. The Hall–Kier alpha value is 0.940. The van der Waals surface area contributed by atoms with Crippen LogP contribution in [0.2, 0.25) is 0 Å². The van der Waals surface area contributed by atoms with Gasteiger partial charge in [0.25, 0.3) is 0 Å². The van der Waals surface area contributed by atoms with Gasteiger partial charge < -0.3 is 0 Å². The van der Waals surface area contributed by atoms with Gasteiger partial charge in [0.15, 0.2) is 0 Å². The number of phosphoric ester groups is 1. The van der Waals surface area contributed by atoms with Crippen LogP contribution in [-0.4, -0.2) is 16.3 Å². The third-order valence-corrected chi connectivity index (χ3v) is 2.24. The van der Waals surface area contributed by atoms with Crippen molar-refractivity contribution in [2.45, 2.75) is 3.98 Å². The van der Waals surface area contributed by atoms with Gasteiger partial charge >= 0.3 is 11.8 Å².